The number of rotatable bonds is 6. The summed E-state index contributed by atoms with van der Waals surface area (Å²) in [4.78, 5) is 35.0. The molecule has 0 spiro atoms. The van der Waals surface area contributed by atoms with Gasteiger partial charge in [0.25, 0.3) is 6.54 Å². The summed E-state index contributed by atoms with van der Waals surface area (Å²) >= 11 is 0. The third kappa shape index (κ3) is 3.71. The summed E-state index contributed by atoms with van der Waals surface area (Å²) < 4.78 is 32.2. The van der Waals surface area contributed by atoms with E-state index in [1.165, 1.54) is 10.8 Å². The van der Waals surface area contributed by atoms with Crippen molar-refractivity contribution in [3.63, 3.8) is 0 Å². The van der Waals surface area contributed by atoms with E-state index in [1.54, 1.807) is 0 Å². The van der Waals surface area contributed by atoms with Gasteiger partial charge in [-0.15, -0.1) is 0 Å². The molecule has 8 nitrogen and oxygen atoms in total. The van der Waals surface area contributed by atoms with Crippen LogP contribution < -0.4 is 16.1 Å². The van der Waals surface area contributed by atoms with Crippen molar-refractivity contribution in [1.82, 2.24) is 15.2 Å². The highest BCUT2D eigenvalue weighted by Gasteiger charge is 2.35. The van der Waals surface area contributed by atoms with Crippen LogP contribution in [0.3, 0.4) is 0 Å². The van der Waals surface area contributed by atoms with Crippen LogP contribution in [0.4, 0.5) is 8.78 Å². The third-order valence-corrected chi connectivity index (χ3v) is 6.94. The number of fused-ring (bicyclic) bond motifs is 2. The molecule has 10 heteroatoms. The largest absolute Gasteiger partial charge is 0.341 e. The molecule has 1 saturated carbocycles. The van der Waals surface area contributed by atoms with Crippen molar-refractivity contribution in [3.05, 3.63) is 55.4 Å². The highest BCUT2D eigenvalue weighted by molar-refractivity contribution is 5.99. The van der Waals surface area contributed by atoms with Gasteiger partial charge in [-0.05, 0) is 50.6 Å². The monoisotopic (exact) mass is 446 g/mol. The first-order chi connectivity index (χ1) is 15.3. The number of carbonyl (C=O) groups is 1. The van der Waals surface area contributed by atoms with E-state index in [4.69, 9.17) is 0 Å². The molecule has 0 amide bonds. The molecule has 1 aromatic heterocycles. The van der Waals surface area contributed by atoms with Gasteiger partial charge in [0, 0.05) is 41.4 Å². The van der Waals surface area contributed by atoms with Crippen molar-refractivity contribution in [2.24, 2.45) is 5.92 Å². The lowest BCUT2D eigenvalue weighted by Gasteiger charge is -2.33. The van der Waals surface area contributed by atoms with Crippen LogP contribution in [0, 0.1) is 27.7 Å². The van der Waals surface area contributed by atoms with Gasteiger partial charge in [-0.3, -0.25) is 19.7 Å². The summed E-state index contributed by atoms with van der Waals surface area (Å²) in [6.45, 7) is 0.749. The van der Waals surface area contributed by atoms with Crippen molar-refractivity contribution in [2.75, 3.05) is 19.6 Å². The molecule has 3 aliphatic rings. The van der Waals surface area contributed by atoms with Crippen molar-refractivity contribution < 1.29 is 18.5 Å². The van der Waals surface area contributed by atoms with E-state index in [2.05, 4.69) is 10.6 Å². The maximum absolute atomic E-state index is 15.7. The number of hydrogen-bond donors (Lipinski definition) is 2. The number of ketones is 1. The van der Waals surface area contributed by atoms with Crippen molar-refractivity contribution in [3.8, 4) is 0 Å². The van der Waals surface area contributed by atoms with Gasteiger partial charge in [-0.25, -0.2) is 8.78 Å². The number of pyridine rings is 1. The predicted molar refractivity (Wildman–Crippen MR) is 113 cm³/mol. The standard InChI is InChI=1S/C22H24F2N4O4/c23-17-6-15-21(20(24)14(17)5-12-2-1-11-7-25-8-18(11)26-12)27(13-3-4-13)9-16(22(15)30)19(29)10-28(31)32/h6,9,11-13,18,25-26H,1-5,7-8,10H2. The number of hydrogen-bond acceptors (Lipinski definition) is 6. The lowest BCUT2D eigenvalue weighted by atomic mass is 9.87. The number of benzene rings is 1. The fourth-order valence-corrected chi connectivity index (χ4v) is 5.15. The molecule has 170 valence electrons. The van der Waals surface area contributed by atoms with Crippen LogP contribution in [0.2, 0.25) is 0 Å². The first-order valence-corrected chi connectivity index (χ1v) is 11.0. The Kier molecular flexibility index (Phi) is 5.29. The zero-order valence-electron chi connectivity index (χ0n) is 17.4. The average molecular weight is 446 g/mol. The molecule has 3 heterocycles. The average Bonchev–Trinajstić information content (AvgIpc) is 3.48. The van der Waals surface area contributed by atoms with Gasteiger partial charge in [0.2, 0.25) is 11.2 Å². The van der Waals surface area contributed by atoms with E-state index >= 15 is 8.78 Å². The number of nitrogens with one attached hydrogen (secondary N) is 2. The first-order valence-electron chi connectivity index (χ1n) is 11.0. The highest BCUT2D eigenvalue weighted by atomic mass is 19.1. The number of Topliss-reactive ketones (excluding diaryl/α,β-unsaturated/α-hetero) is 1. The summed E-state index contributed by atoms with van der Waals surface area (Å²) in [5, 5.41) is 17.3. The molecule has 2 aromatic rings. The van der Waals surface area contributed by atoms with Gasteiger partial charge in [0.05, 0.1) is 16.5 Å². The number of nitrogens with zero attached hydrogens (tertiary/aromatic N) is 2. The maximum atomic E-state index is 15.7. The molecule has 1 aromatic carbocycles. The molecule has 3 unspecified atom stereocenters. The number of carbonyl (C=O) groups excluding carboxylic acids is 1. The Morgan fingerprint density at radius 2 is 2.00 bits per heavy atom. The molecule has 32 heavy (non-hydrogen) atoms. The molecular formula is C22H24F2N4O4. The Labute approximate surface area is 182 Å². The fraction of sp³-hybridized carbons (Fsp3) is 0.545. The molecule has 1 aliphatic carbocycles. The van der Waals surface area contributed by atoms with E-state index in [0.717, 1.165) is 44.8 Å². The van der Waals surface area contributed by atoms with E-state index < -0.39 is 39.9 Å². The fourth-order valence-electron chi connectivity index (χ4n) is 5.15. The molecule has 3 fully saturated rings. The van der Waals surface area contributed by atoms with Crippen LogP contribution in [0.25, 0.3) is 10.9 Å². The summed E-state index contributed by atoms with van der Waals surface area (Å²) in [5.74, 6) is -2.05. The van der Waals surface area contributed by atoms with Crippen LogP contribution in [-0.2, 0) is 6.42 Å². The molecule has 3 atom stereocenters. The molecule has 5 rings (SSSR count). The Bertz CT molecular complexity index is 1180. The van der Waals surface area contributed by atoms with Gasteiger partial charge in [-0.1, -0.05) is 0 Å². The van der Waals surface area contributed by atoms with E-state index in [9.17, 15) is 19.7 Å². The minimum Gasteiger partial charge on any atom is -0.341 e. The number of aromatic nitrogens is 1. The van der Waals surface area contributed by atoms with Crippen LogP contribution in [0.1, 0.15) is 47.6 Å². The van der Waals surface area contributed by atoms with E-state index in [1.807, 2.05) is 0 Å². The molecule has 2 aliphatic heterocycles. The molecule has 0 bridgehead atoms. The summed E-state index contributed by atoms with van der Waals surface area (Å²) in [5.41, 5.74) is -1.37. The van der Waals surface area contributed by atoms with Crippen LogP contribution >= 0.6 is 0 Å². The molecular weight excluding hydrogens is 422 g/mol. The minimum absolute atomic E-state index is 0.0252. The van der Waals surface area contributed by atoms with Crippen LogP contribution in [0.5, 0.6) is 0 Å². The second-order valence-electron chi connectivity index (χ2n) is 9.14. The Morgan fingerprint density at radius 3 is 2.72 bits per heavy atom. The molecule has 2 saturated heterocycles. The Hall–Kier alpha value is -2.72. The van der Waals surface area contributed by atoms with E-state index in [-0.39, 0.29) is 35.0 Å². The Morgan fingerprint density at radius 1 is 1.22 bits per heavy atom. The zero-order valence-corrected chi connectivity index (χ0v) is 17.4. The minimum atomic E-state index is -1.04. The zero-order chi connectivity index (χ0) is 22.6. The quantitative estimate of drug-likeness (QED) is 0.399. The van der Waals surface area contributed by atoms with Gasteiger partial charge in [0.15, 0.2) is 5.82 Å². The first kappa shape index (κ1) is 21.1. The second kappa shape index (κ2) is 8.00. The summed E-state index contributed by atoms with van der Waals surface area (Å²) in [6, 6.07) is 1.09. The summed E-state index contributed by atoms with van der Waals surface area (Å²) in [6.07, 6.45) is 4.63. The topological polar surface area (TPSA) is 106 Å². The number of piperidine rings is 1. The van der Waals surface area contributed by atoms with Gasteiger partial charge in [0.1, 0.15) is 5.82 Å². The van der Waals surface area contributed by atoms with Crippen molar-refractivity contribution >= 4 is 16.7 Å². The molecule has 2 N–H and O–H groups in total. The summed E-state index contributed by atoms with van der Waals surface area (Å²) in [7, 11) is 0. The third-order valence-electron chi connectivity index (χ3n) is 6.94. The number of halogens is 2. The normalized spacial score (nSPS) is 25.1. The van der Waals surface area contributed by atoms with Crippen LogP contribution in [-0.4, -0.2) is 47.0 Å². The highest BCUT2D eigenvalue weighted by Crippen LogP contribution is 2.38. The molecule has 0 radical (unpaired) electrons. The smallest absolute Gasteiger partial charge is 0.266 e. The van der Waals surface area contributed by atoms with Crippen molar-refractivity contribution in [2.45, 2.75) is 50.2 Å². The van der Waals surface area contributed by atoms with Crippen molar-refractivity contribution in [1.29, 1.82) is 0 Å². The van der Waals surface area contributed by atoms with Crippen LogP contribution in [0.15, 0.2) is 17.1 Å². The van der Waals surface area contributed by atoms with Gasteiger partial charge in [-0.2, -0.15) is 0 Å². The number of nitro groups is 1. The lowest BCUT2D eigenvalue weighted by Crippen LogP contribution is -2.48. The van der Waals surface area contributed by atoms with E-state index in [0.29, 0.717) is 12.0 Å². The van der Waals surface area contributed by atoms with Gasteiger partial charge < -0.3 is 15.2 Å². The Balaban J connectivity index is 1.56. The second-order valence-corrected chi connectivity index (χ2v) is 9.14. The maximum Gasteiger partial charge on any atom is 0.266 e. The predicted octanol–water partition coefficient (Wildman–Crippen LogP) is 1.96. The van der Waals surface area contributed by atoms with Gasteiger partial charge >= 0.3 is 0 Å². The lowest BCUT2D eigenvalue weighted by molar-refractivity contribution is -0.465. The SMILES string of the molecule is O=C(C[N+](=O)[O-])c1cn(C2CC2)c2c(F)c(CC3CCC4CNCC4N3)c(F)cc2c1=O.